The van der Waals surface area contributed by atoms with E-state index in [1.54, 1.807) is 12.1 Å². The summed E-state index contributed by atoms with van der Waals surface area (Å²) in [6.07, 6.45) is -2.15. The number of aliphatic hydroxyl groups excluding tert-OH is 1. The number of amidine groups is 1. The van der Waals surface area contributed by atoms with E-state index >= 15 is 0 Å². The zero-order valence-electron chi connectivity index (χ0n) is 19.9. The van der Waals surface area contributed by atoms with Gasteiger partial charge in [-0.1, -0.05) is 6.07 Å². The van der Waals surface area contributed by atoms with Gasteiger partial charge in [-0.15, -0.1) is 0 Å². The Morgan fingerprint density at radius 3 is 2.59 bits per heavy atom. The lowest BCUT2D eigenvalue weighted by Crippen LogP contribution is -2.40. The number of aliphatic hydroxyl groups is 1. The first-order valence-electron chi connectivity index (χ1n) is 11.2. The maximum Gasteiger partial charge on any atom is 0.420 e. The second-order valence-corrected chi connectivity index (χ2v) is 9.27. The molecule has 0 aliphatic carbocycles. The summed E-state index contributed by atoms with van der Waals surface area (Å²) in [6, 6.07) is 7.38. The molecule has 1 atom stereocenters. The van der Waals surface area contributed by atoms with Crippen molar-refractivity contribution in [3.05, 3.63) is 58.0 Å². The summed E-state index contributed by atoms with van der Waals surface area (Å²) in [5, 5.41) is 10.4. The van der Waals surface area contributed by atoms with E-state index in [1.807, 2.05) is 4.90 Å². The van der Waals surface area contributed by atoms with Crippen molar-refractivity contribution in [3.63, 3.8) is 0 Å². The Bertz CT molecular complexity index is 1280. The molecular formula is C25H23F3N2O6S. The van der Waals surface area contributed by atoms with Crippen LogP contribution in [0, 0.1) is 0 Å². The molecule has 1 saturated heterocycles. The van der Waals surface area contributed by atoms with E-state index in [-0.39, 0.29) is 17.1 Å². The van der Waals surface area contributed by atoms with Crippen molar-refractivity contribution in [1.82, 2.24) is 4.90 Å². The van der Waals surface area contributed by atoms with Crippen molar-refractivity contribution in [1.29, 1.82) is 0 Å². The van der Waals surface area contributed by atoms with Crippen molar-refractivity contribution >= 4 is 34.9 Å². The number of piperidine rings is 1. The van der Waals surface area contributed by atoms with Crippen molar-refractivity contribution < 1.29 is 42.1 Å². The van der Waals surface area contributed by atoms with E-state index < -0.39 is 35.5 Å². The number of nitrogens with zero attached hydrogens (tertiary/aromatic N) is 2. The Balaban J connectivity index is 1.56. The fraction of sp³-hybridized carbons (Fsp3) is 0.320. The topological polar surface area (TPSA) is 97.7 Å². The van der Waals surface area contributed by atoms with Gasteiger partial charge in [0.2, 0.25) is 0 Å². The number of halogens is 3. The second-order valence-electron chi connectivity index (χ2n) is 8.26. The van der Waals surface area contributed by atoms with Crippen LogP contribution in [0.2, 0.25) is 0 Å². The number of methoxy groups -OCH3 is 2. The molecule has 2 aliphatic heterocycles. The Labute approximate surface area is 214 Å². The summed E-state index contributed by atoms with van der Waals surface area (Å²) >= 11 is 1.19. The highest BCUT2D eigenvalue weighted by Crippen LogP contribution is 2.41. The van der Waals surface area contributed by atoms with Crippen molar-refractivity contribution in [3.8, 4) is 17.2 Å². The highest BCUT2D eigenvalue weighted by atomic mass is 32.2. The number of hydrogen-bond donors (Lipinski definition) is 1. The molecule has 0 radical (unpaired) electrons. The summed E-state index contributed by atoms with van der Waals surface area (Å²) in [5.74, 6) is -1.71. The molecule has 196 valence electrons. The minimum atomic E-state index is -4.79. The average Bonchev–Trinajstić information content (AvgIpc) is 3.24. The lowest BCUT2D eigenvalue weighted by Gasteiger charge is -2.30. The normalized spacial score (nSPS) is 19.1. The van der Waals surface area contributed by atoms with Crippen molar-refractivity contribution in [2.45, 2.75) is 25.1 Å². The Hall–Kier alpha value is -3.51. The molecule has 4 rings (SSSR count). The molecule has 1 unspecified atom stereocenters. The van der Waals surface area contributed by atoms with Crippen LogP contribution in [0.4, 0.5) is 13.2 Å². The third-order valence-corrected chi connectivity index (χ3v) is 6.73. The summed E-state index contributed by atoms with van der Waals surface area (Å²) in [5.41, 5.74) is -0.869. The molecule has 2 aromatic rings. The molecule has 0 saturated carbocycles. The highest BCUT2D eigenvalue weighted by Gasteiger charge is 2.36. The summed E-state index contributed by atoms with van der Waals surface area (Å²) < 4.78 is 56.3. The quantitative estimate of drug-likeness (QED) is 0.433. The Morgan fingerprint density at radius 1 is 1.16 bits per heavy atom. The minimum absolute atomic E-state index is 0.00520. The van der Waals surface area contributed by atoms with Gasteiger partial charge in [0.25, 0.3) is 5.91 Å². The minimum Gasteiger partial charge on any atom is -0.493 e. The number of esters is 1. The van der Waals surface area contributed by atoms with Crippen LogP contribution >= 0.6 is 11.8 Å². The number of ether oxygens (including phenoxy) is 3. The molecule has 0 spiro atoms. The number of amides is 1. The standard InChI is InChI=1S/C25H23F3N2O6S/c1-34-20-10-14(11-21-22(32)29-24(37-21)30-9-3-4-16(31)13-30)5-7-19(20)36-18-8-6-15(23(33)35-2)12-17(18)25(26,27)28/h5-8,10-12,16,31H,3-4,9,13H2,1-2H3/b21-11-. The first-order valence-corrected chi connectivity index (χ1v) is 12.0. The van der Waals surface area contributed by atoms with Gasteiger partial charge in [0.1, 0.15) is 5.75 Å². The number of β-amino-alcohol motifs (C(OH)–C–C–N with tert-alkyl or cyclic N) is 1. The Kier molecular flexibility index (Phi) is 7.79. The third-order valence-electron chi connectivity index (χ3n) is 5.69. The number of alkyl halides is 3. The van der Waals surface area contributed by atoms with E-state index in [9.17, 15) is 27.9 Å². The van der Waals surface area contributed by atoms with E-state index in [4.69, 9.17) is 9.47 Å². The van der Waals surface area contributed by atoms with E-state index in [0.717, 1.165) is 19.6 Å². The van der Waals surface area contributed by atoms with Gasteiger partial charge in [-0.05, 0) is 66.6 Å². The maximum atomic E-state index is 13.7. The number of aliphatic imine (C=N–C) groups is 1. The van der Waals surface area contributed by atoms with Gasteiger partial charge in [0.05, 0.1) is 36.4 Å². The van der Waals surface area contributed by atoms with Gasteiger partial charge in [0.15, 0.2) is 16.7 Å². The van der Waals surface area contributed by atoms with Crippen LogP contribution in [0.25, 0.3) is 6.08 Å². The summed E-state index contributed by atoms with van der Waals surface area (Å²) in [4.78, 5) is 30.5. The number of hydrogen-bond acceptors (Lipinski definition) is 8. The molecule has 2 aromatic carbocycles. The summed E-state index contributed by atoms with van der Waals surface area (Å²) in [7, 11) is 2.41. The SMILES string of the molecule is COC(=O)c1ccc(Oc2ccc(/C=C3\SC(N4CCCC(O)C4)=NC3=O)cc2OC)c(C(F)(F)F)c1. The van der Waals surface area contributed by atoms with Gasteiger partial charge in [-0.25, -0.2) is 4.79 Å². The van der Waals surface area contributed by atoms with Crippen molar-refractivity contribution in [2.24, 2.45) is 4.99 Å². The van der Waals surface area contributed by atoms with Crippen LogP contribution in [0.3, 0.4) is 0 Å². The molecule has 2 heterocycles. The molecule has 0 aromatic heterocycles. The molecule has 2 aliphatic rings. The van der Waals surface area contributed by atoms with Gasteiger partial charge < -0.3 is 24.2 Å². The fourth-order valence-electron chi connectivity index (χ4n) is 3.88. The Morgan fingerprint density at radius 2 is 1.92 bits per heavy atom. The van der Waals surface area contributed by atoms with Crippen LogP contribution in [-0.2, 0) is 15.7 Å². The first-order chi connectivity index (χ1) is 17.6. The van der Waals surface area contributed by atoms with Gasteiger partial charge in [-0.2, -0.15) is 18.2 Å². The zero-order chi connectivity index (χ0) is 26.7. The fourth-order valence-corrected chi connectivity index (χ4v) is 4.82. The maximum absolute atomic E-state index is 13.7. The largest absolute Gasteiger partial charge is 0.493 e. The zero-order valence-corrected chi connectivity index (χ0v) is 20.7. The van der Waals surface area contributed by atoms with Crippen LogP contribution in [-0.4, -0.2) is 60.5 Å². The second kappa shape index (κ2) is 10.9. The van der Waals surface area contributed by atoms with E-state index in [2.05, 4.69) is 9.73 Å². The van der Waals surface area contributed by atoms with Crippen molar-refractivity contribution in [2.75, 3.05) is 27.3 Å². The molecule has 37 heavy (non-hydrogen) atoms. The molecule has 12 heteroatoms. The predicted octanol–water partition coefficient (Wildman–Crippen LogP) is 4.72. The first kappa shape index (κ1) is 26.6. The number of carbonyl (C=O) groups is 2. The predicted molar refractivity (Wildman–Crippen MR) is 131 cm³/mol. The van der Waals surface area contributed by atoms with Gasteiger partial charge >= 0.3 is 12.1 Å². The van der Waals surface area contributed by atoms with Gasteiger partial charge in [0, 0.05) is 13.1 Å². The molecule has 0 bridgehead atoms. The van der Waals surface area contributed by atoms with E-state index in [1.165, 1.54) is 37.1 Å². The number of rotatable bonds is 5. The van der Waals surface area contributed by atoms with Crippen LogP contribution < -0.4 is 9.47 Å². The summed E-state index contributed by atoms with van der Waals surface area (Å²) in [6.45, 7) is 1.11. The number of benzene rings is 2. The van der Waals surface area contributed by atoms with Gasteiger partial charge in [-0.3, -0.25) is 4.79 Å². The monoisotopic (exact) mass is 536 g/mol. The lowest BCUT2D eigenvalue weighted by molar-refractivity contribution is -0.138. The van der Waals surface area contributed by atoms with E-state index in [0.29, 0.717) is 41.2 Å². The number of carbonyl (C=O) groups excluding carboxylic acids is 2. The molecule has 8 nitrogen and oxygen atoms in total. The van der Waals surface area contributed by atoms with Crippen LogP contribution in [0.1, 0.15) is 34.3 Å². The number of likely N-dealkylation sites (tertiary alicyclic amines) is 1. The average molecular weight is 537 g/mol. The van der Waals surface area contributed by atoms with Crippen LogP contribution in [0.15, 0.2) is 46.3 Å². The highest BCUT2D eigenvalue weighted by molar-refractivity contribution is 8.18. The molecule has 1 fully saturated rings. The molecule has 1 N–H and O–H groups in total. The molecule has 1 amide bonds. The smallest absolute Gasteiger partial charge is 0.420 e. The lowest BCUT2D eigenvalue weighted by atomic mass is 10.1. The third kappa shape index (κ3) is 6.08. The van der Waals surface area contributed by atoms with Crippen LogP contribution in [0.5, 0.6) is 17.2 Å². The molecular weight excluding hydrogens is 513 g/mol. The number of thioether (sulfide) groups is 1.